The molecule has 0 saturated carbocycles. The van der Waals surface area contributed by atoms with Crippen molar-refractivity contribution in [2.24, 2.45) is 0 Å². The molecular weight excluding hydrogens is 269 g/mol. The zero-order valence-electron chi connectivity index (χ0n) is 9.24. The fourth-order valence-corrected chi connectivity index (χ4v) is 1.66. The Morgan fingerprint density at radius 2 is 2.06 bits per heavy atom. The average molecular weight is 277 g/mol. The van der Waals surface area contributed by atoms with E-state index in [1.165, 1.54) is 0 Å². The van der Waals surface area contributed by atoms with Crippen LogP contribution in [0.3, 0.4) is 0 Å². The molecule has 2 aromatic heterocycles. The van der Waals surface area contributed by atoms with E-state index in [2.05, 4.69) is 15.1 Å². The van der Waals surface area contributed by atoms with Crippen molar-refractivity contribution in [3.8, 4) is 0 Å². The van der Waals surface area contributed by atoms with E-state index in [4.69, 9.17) is 11.6 Å². The molecule has 0 aliphatic rings. The van der Waals surface area contributed by atoms with E-state index in [0.29, 0.717) is 11.5 Å². The van der Waals surface area contributed by atoms with Crippen LogP contribution in [-0.2, 0) is 12.7 Å². The summed E-state index contributed by atoms with van der Waals surface area (Å²) in [6, 6.07) is 1.56. The van der Waals surface area contributed by atoms with Gasteiger partial charge in [-0.05, 0) is 13.0 Å². The molecule has 96 valence electrons. The highest BCUT2D eigenvalue weighted by atomic mass is 35.5. The molecule has 4 nitrogen and oxygen atoms in total. The molecule has 0 aromatic carbocycles. The summed E-state index contributed by atoms with van der Waals surface area (Å²) in [6.45, 7) is 1.76. The van der Waals surface area contributed by atoms with Gasteiger partial charge in [0.15, 0.2) is 5.82 Å². The fraction of sp³-hybridized carbons (Fsp3) is 0.300. The van der Waals surface area contributed by atoms with Crippen molar-refractivity contribution in [1.29, 1.82) is 0 Å². The Balaban J connectivity index is 2.21. The monoisotopic (exact) mass is 276 g/mol. The maximum absolute atomic E-state index is 12.4. The summed E-state index contributed by atoms with van der Waals surface area (Å²) in [6.07, 6.45) is -2.74. The smallest absolute Gasteiger partial charge is 0.264 e. The zero-order valence-corrected chi connectivity index (χ0v) is 10.00. The molecule has 2 rings (SSSR count). The van der Waals surface area contributed by atoms with Gasteiger partial charge in [0, 0.05) is 11.9 Å². The Morgan fingerprint density at radius 3 is 2.61 bits per heavy atom. The summed E-state index contributed by atoms with van der Waals surface area (Å²) in [4.78, 5) is 7.98. The number of aromatic nitrogens is 4. The molecule has 2 heterocycles. The highest BCUT2D eigenvalue weighted by Gasteiger charge is 2.32. The number of nitrogens with zero attached hydrogens (tertiary/aromatic N) is 4. The minimum Gasteiger partial charge on any atom is -0.264 e. The third kappa shape index (κ3) is 2.98. The van der Waals surface area contributed by atoms with Crippen molar-refractivity contribution < 1.29 is 13.2 Å². The van der Waals surface area contributed by atoms with Crippen LogP contribution < -0.4 is 0 Å². The van der Waals surface area contributed by atoms with Crippen LogP contribution in [0.2, 0.25) is 5.15 Å². The first kappa shape index (κ1) is 12.8. The van der Waals surface area contributed by atoms with E-state index in [9.17, 15) is 13.2 Å². The van der Waals surface area contributed by atoms with E-state index in [-0.39, 0.29) is 11.7 Å². The maximum Gasteiger partial charge on any atom is 0.419 e. The molecule has 0 unspecified atom stereocenters. The van der Waals surface area contributed by atoms with Gasteiger partial charge in [-0.25, -0.2) is 9.97 Å². The van der Waals surface area contributed by atoms with E-state index >= 15 is 0 Å². The third-order valence-electron chi connectivity index (χ3n) is 2.13. The van der Waals surface area contributed by atoms with Crippen LogP contribution in [0.15, 0.2) is 18.5 Å². The molecule has 0 atom stereocenters. The van der Waals surface area contributed by atoms with Gasteiger partial charge in [-0.2, -0.15) is 18.3 Å². The zero-order chi connectivity index (χ0) is 13.3. The summed E-state index contributed by atoms with van der Waals surface area (Å²) >= 11 is 5.73. The van der Waals surface area contributed by atoms with Gasteiger partial charge in [-0.1, -0.05) is 11.6 Å². The minimum atomic E-state index is -4.40. The average Bonchev–Trinajstić information content (AvgIpc) is 2.63. The third-order valence-corrected chi connectivity index (χ3v) is 2.33. The van der Waals surface area contributed by atoms with Gasteiger partial charge in [0.2, 0.25) is 0 Å². The van der Waals surface area contributed by atoms with Gasteiger partial charge in [-0.3, -0.25) is 4.68 Å². The summed E-state index contributed by atoms with van der Waals surface area (Å²) in [5.74, 6) is 0.317. The highest BCUT2D eigenvalue weighted by molar-refractivity contribution is 6.29. The molecule has 8 heteroatoms. The minimum absolute atomic E-state index is 0.0392. The molecule has 0 aliphatic heterocycles. The van der Waals surface area contributed by atoms with Crippen molar-refractivity contribution in [2.75, 3.05) is 0 Å². The predicted molar refractivity (Wildman–Crippen MR) is 58.1 cm³/mol. The number of aryl methyl sites for hydroxylation is 1. The molecule has 0 radical (unpaired) electrons. The van der Waals surface area contributed by atoms with Crippen molar-refractivity contribution in [3.05, 3.63) is 40.7 Å². The Hall–Kier alpha value is -1.63. The normalized spacial score (nSPS) is 11.8. The van der Waals surface area contributed by atoms with Gasteiger partial charge in [-0.15, -0.1) is 0 Å². The van der Waals surface area contributed by atoms with Crippen LogP contribution >= 0.6 is 11.6 Å². The van der Waals surface area contributed by atoms with Crippen LogP contribution in [0.4, 0.5) is 13.2 Å². The quantitative estimate of drug-likeness (QED) is 0.792. The maximum atomic E-state index is 12.4. The van der Waals surface area contributed by atoms with Crippen LogP contribution in [0.25, 0.3) is 0 Å². The molecule has 0 spiro atoms. The molecule has 0 aliphatic carbocycles. The number of hydrogen-bond acceptors (Lipinski definition) is 3. The summed E-state index contributed by atoms with van der Waals surface area (Å²) in [7, 11) is 0. The van der Waals surface area contributed by atoms with Crippen molar-refractivity contribution in [2.45, 2.75) is 19.6 Å². The Kier molecular flexibility index (Phi) is 3.25. The van der Waals surface area contributed by atoms with Crippen LogP contribution in [0.1, 0.15) is 17.1 Å². The Bertz CT molecular complexity index is 544. The lowest BCUT2D eigenvalue weighted by Gasteiger charge is -2.03. The summed E-state index contributed by atoms with van der Waals surface area (Å²) in [5, 5.41) is 3.86. The molecule has 0 amide bonds. The van der Waals surface area contributed by atoms with Crippen LogP contribution in [0.5, 0.6) is 0 Å². The van der Waals surface area contributed by atoms with Gasteiger partial charge < -0.3 is 0 Å². The number of halogens is 4. The largest absolute Gasteiger partial charge is 0.419 e. The van der Waals surface area contributed by atoms with Gasteiger partial charge in [0.25, 0.3) is 0 Å². The lowest BCUT2D eigenvalue weighted by molar-refractivity contribution is -0.137. The fourth-order valence-electron chi connectivity index (χ4n) is 1.40. The summed E-state index contributed by atoms with van der Waals surface area (Å²) < 4.78 is 38.2. The Morgan fingerprint density at radius 1 is 1.33 bits per heavy atom. The van der Waals surface area contributed by atoms with Crippen molar-refractivity contribution in [3.63, 3.8) is 0 Å². The summed E-state index contributed by atoms with van der Waals surface area (Å²) in [5.41, 5.74) is -0.158. The molecular formula is C10H8ClF3N4. The molecule has 0 saturated heterocycles. The van der Waals surface area contributed by atoms with E-state index in [1.54, 1.807) is 13.0 Å². The first-order valence-electron chi connectivity index (χ1n) is 4.94. The number of hydrogen-bond donors (Lipinski definition) is 0. The first-order chi connectivity index (χ1) is 8.34. The molecule has 18 heavy (non-hydrogen) atoms. The standard InChI is InChI=1S/C10H8ClF3N4/c1-6-2-8(11)17-9(16-6)5-18-4-7(3-15-18)10(12,13)14/h2-4H,5H2,1H3. The van der Waals surface area contributed by atoms with E-state index in [1.807, 2.05) is 0 Å². The lowest BCUT2D eigenvalue weighted by atomic mass is 10.3. The topological polar surface area (TPSA) is 43.6 Å². The second-order valence-electron chi connectivity index (χ2n) is 3.67. The van der Waals surface area contributed by atoms with Gasteiger partial charge in [0.1, 0.15) is 11.7 Å². The SMILES string of the molecule is Cc1cc(Cl)nc(Cn2cc(C(F)(F)F)cn2)n1. The highest BCUT2D eigenvalue weighted by Crippen LogP contribution is 2.28. The van der Waals surface area contributed by atoms with Crippen LogP contribution in [-0.4, -0.2) is 19.7 Å². The molecule has 0 N–H and O–H groups in total. The second-order valence-corrected chi connectivity index (χ2v) is 4.06. The van der Waals surface area contributed by atoms with Crippen molar-refractivity contribution in [1.82, 2.24) is 19.7 Å². The first-order valence-corrected chi connectivity index (χ1v) is 5.32. The van der Waals surface area contributed by atoms with Crippen LogP contribution in [0, 0.1) is 6.92 Å². The second kappa shape index (κ2) is 4.56. The molecule has 2 aromatic rings. The van der Waals surface area contributed by atoms with E-state index in [0.717, 1.165) is 17.1 Å². The number of rotatable bonds is 2. The molecule has 0 fully saturated rings. The van der Waals surface area contributed by atoms with E-state index < -0.39 is 11.7 Å². The van der Waals surface area contributed by atoms with Crippen molar-refractivity contribution >= 4 is 11.6 Å². The van der Waals surface area contributed by atoms with Gasteiger partial charge >= 0.3 is 6.18 Å². The number of alkyl halides is 3. The predicted octanol–water partition coefficient (Wildman–Crippen LogP) is 2.70. The lowest BCUT2D eigenvalue weighted by Crippen LogP contribution is -2.07. The molecule has 0 bridgehead atoms. The Labute approximate surface area is 105 Å². The van der Waals surface area contributed by atoms with Gasteiger partial charge in [0.05, 0.1) is 11.8 Å².